The molecule has 0 N–H and O–H groups in total. The Bertz CT molecular complexity index is 800. The van der Waals surface area contributed by atoms with Crippen LogP contribution in [0.25, 0.3) is 5.57 Å². The van der Waals surface area contributed by atoms with Crippen LogP contribution in [-0.4, -0.2) is 12.3 Å². The van der Waals surface area contributed by atoms with Crippen molar-refractivity contribution in [3.05, 3.63) is 113 Å². The second-order valence-electron chi connectivity index (χ2n) is 5.58. The zero-order valence-electron chi connectivity index (χ0n) is 12.8. The van der Waals surface area contributed by atoms with Crippen LogP contribution in [0.3, 0.4) is 0 Å². The summed E-state index contributed by atoms with van der Waals surface area (Å²) in [6, 6.07) is 29.5. The molecule has 4 rings (SSSR count). The molecular formula is C22H17N. The Hall–Kier alpha value is -2.93. The van der Waals surface area contributed by atoms with Crippen LogP contribution in [-0.2, 0) is 0 Å². The minimum Gasteiger partial charge on any atom is -0.280 e. The largest absolute Gasteiger partial charge is 0.280 e. The summed E-state index contributed by atoms with van der Waals surface area (Å²) in [6.07, 6.45) is 2.23. The molecule has 1 nitrogen and oxygen atoms in total. The highest BCUT2D eigenvalue weighted by molar-refractivity contribution is 6.16. The van der Waals surface area contributed by atoms with Gasteiger partial charge in [0.25, 0.3) is 0 Å². The summed E-state index contributed by atoms with van der Waals surface area (Å²) in [5.41, 5.74) is 7.19. The molecule has 0 fully saturated rings. The zero-order chi connectivity index (χ0) is 15.5. The molecule has 110 valence electrons. The molecule has 0 unspecified atom stereocenters. The van der Waals surface area contributed by atoms with Crippen LogP contribution in [0.15, 0.2) is 96.0 Å². The van der Waals surface area contributed by atoms with Crippen molar-refractivity contribution < 1.29 is 0 Å². The van der Waals surface area contributed by atoms with E-state index in [4.69, 9.17) is 4.99 Å². The van der Waals surface area contributed by atoms with Crippen molar-refractivity contribution >= 4 is 11.3 Å². The summed E-state index contributed by atoms with van der Waals surface area (Å²) >= 11 is 0. The van der Waals surface area contributed by atoms with E-state index in [-0.39, 0.29) is 0 Å². The number of nitrogens with zero attached hydrogens (tertiary/aromatic N) is 1. The first kappa shape index (κ1) is 13.7. The molecule has 0 saturated carbocycles. The van der Waals surface area contributed by atoms with Gasteiger partial charge in [0.15, 0.2) is 0 Å². The van der Waals surface area contributed by atoms with Gasteiger partial charge in [0.2, 0.25) is 0 Å². The summed E-state index contributed by atoms with van der Waals surface area (Å²) in [7, 11) is 0. The first-order valence-corrected chi connectivity index (χ1v) is 7.89. The topological polar surface area (TPSA) is 12.4 Å². The molecule has 0 saturated heterocycles. The number of aliphatic imine (C=N–C) groups is 1. The third-order valence-corrected chi connectivity index (χ3v) is 4.15. The molecule has 0 atom stereocenters. The maximum absolute atomic E-state index is 4.85. The van der Waals surface area contributed by atoms with E-state index >= 15 is 0 Å². The Labute approximate surface area is 136 Å². The van der Waals surface area contributed by atoms with Gasteiger partial charge in [-0.3, -0.25) is 4.99 Å². The molecule has 0 bridgehead atoms. The van der Waals surface area contributed by atoms with Crippen molar-refractivity contribution in [2.45, 2.75) is 0 Å². The summed E-state index contributed by atoms with van der Waals surface area (Å²) in [5, 5.41) is 0. The van der Waals surface area contributed by atoms with Crippen molar-refractivity contribution in [1.82, 2.24) is 0 Å². The fourth-order valence-corrected chi connectivity index (χ4v) is 3.08. The Morgan fingerprint density at radius 1 is 0.565 bits per heavy atom. The molecule has 1 aliphatic rings. The molecule has 0 aliphatic carbocycles. The Morgan fingerprint density at radius 2 is 1.13 bits per heavy atom. The lowest BCUT2D eigenvalue weighted by atomic mass is 9.90. The van der Waals surface area contributed by atoms with Gasteiger partial charge in [-0.25, -0.2) is 0 Å². The molecule has 3 aromatic rings. The normalized spacial score (nSPS) is 13.6. The summed E-state index contributed by atoms with van der Waals surface area (Å²) in [5.74, 6) is 0. The van der Waals surface area contributed by atoms with Crippen molar-refractivity contribution in [2.24, 2.45) is 4.99 Å². The number of rotatable bonds is 2. The summed E-state index contributed by atoms with van der Waals surface area (Å²) in [4.78, 5) is 4.85. The maximum Gasteiger partial charge on any atom is 0.0729 e. The van der Waals surface area contributed by atoms with Gasteiger partial charge >= 0.3 is 0 Å². The minimum absolute atomic E-state index is 0.698. The molecule has 3 aromatic carbocycles. The minimum atomic E-state index is 0.698. The van der Waals surface area contributed by atoms with E-state index < -0.39 is 0 Å². The summed E-state index contributed by atoms with van der Waals surface area (Å²) in [6.45, 7) is 0.698. The molecule has 0 amide bonds. The number of hydrogen-bond acceptors (Lipinski definition) is 1. The van der Waals surface area contributed by atoms with Crippen LogP contribution in [0.5, 0.6) is 0 Å². The quantitative estimate of drug-likeness (QED) is 0.633. The lowest BCUT2D eigenvalue weighted by molar-refractivity contribution is 1.25. The first-order chi connectivity index (χ1) is 11.4. The van der Waals surface area contributed by atoms with E-state index in [2.05, 4.69) is 84.9 Å². The van der Waals surface area contributed by atoms with Gasteiger partial charge < -0.3 is 0 Å². The van der Waals surface area contributed by atoms with Crippen LogP contribution < -0.4 is 0 Å². The number of fused-ring (bicyclic) bond motifs is 1. The lowest BCUT2D eigenvalue weighted by Gasteiger charge is -2.13. The monoisotopic (exact) mass is 295 g/mol. The van der Waals surface area contributed by atoms with Crippen LogP contribution in [0.4, 0.5) is 0 Å². The summed E-state index contributed by atoms with van der Waals surface area (Å²) < 4.78 is 0. The van der Waals surface area contributed by atoms with E-state index in [1.165, 1.54) is 27.8 Å². The third kappa shape index (κ3) is 2.62. The predicted molar refractivity (Wildman–Crippen MR) is 96.9 cm³/mol. The van der Waals surface area contributed by atoms with Gasteiger partial charge in [0.1, 0.15) is 0 Å². The van der Waals surface area contributed by atoms with Crippen molar-refractivity contribution in [2.75, 3.05) is 6.54 Å². The van der Waals surface area contributed by atoms with Gasteiger partial charge in [-0.15, -0.1) is 0 Å². The average Bonchev–Trinajstić information content (AvgIpc) is 2.83. The molecule has 0 spiro atoms. The number of benzene rings is 3. The van der Waals surface area contributed by atoms with Gasteiger partial charge in [0.05, 0.1) is 12.3 Å². The molecular weight excluding hydrogens is 278 g/mol. The molecule has 0 radical (unpaired) electrons. The molecule has 0 aromatic heterocycles. The second kappa shape index (κ2) is 6.05. The Kier molecular flexibility index (Phi) is 3.61. The second-order valence-corrected chi connectivity index (χ2v) is 5.58. The van der Waals surface area contributed by atoms with E-state index in [0.717, 1.165) is 5.71 Å². The molecule has 1 heteroatoms. The van der Waals surface area contributed by atoms with E-state index in [9.17, 15) is 0 Å². The van der Waals surface area contributed by atoms with Crippen LogP contribution in [0.1, 0.15) is 22.3 Å². The highest BCUT2D eigenvalue weighted by Crippen LogP contribution is 2.30. The zero-order valence-corrected chi connectivity index (χ0v) is 12.8. The standard InChI is InChI=1S/C22H17N/c1-3-9-17(10-4-1)19-15-16-23-22(18-11-5-2-6-12-18)21-14-8-7-13-20(19)21/h1-15H,16H2. The highest BCUT2D eigenvalue weighted by Gasteiger charge is 2.17. The van der Waals surface area contributed by atoms with Gasteiger partial charge in [-0.2, -0.15) is 0 Å². The van der Waals surface area contributed by atoms with E-state index in [0.29, 0.717) is 6.54 Å². The lowest BCUT2D eigenvalue weighted by Crippen LogP contribution is -2.06. The van der Waals surface area contributed by atoms with Crippen molar-refractivity contribution in [1.29, 1.82) is 0 Å². The van der Waals surface area contributed by atoms with Crippen LogP contribution in [0, 0.1) is 0 Å². The molecule has 1 aliphatic heterocycles. The Balaban J connectivity index is 1.88. The predicted octanol–water partition coefficient (Wildman–Crippen LogP) is 4.97. The molecule has 23 heavy (non-hydrogen) atoms. The van der Waals surface area contributed by atoms with Crippen molar-refractivity contribution in [3.8, 4) is 0 Å². The smallest absolute Gasteiger partial charge is 0.0729 e. The van der Waals surface area contributed by atoms with Gasteiger partial charge in [0, 0.05) is 11.1 Å². The van der Waals surface area contributed by atoms with E-state index in [1.807, 2.05) is 6.07 Å². The fraction of sp³-hybridized carbons (Fsp3) is 0.0455. The maximum atomic E-state index is 4.85. The van der Waals surface area contributed by atoms with Crippen LogP contribution in [0.2, 0.25) is 0 Å². The fourth-order valence-electron chi connectivity index (χ4n) is 3.08. The van der Waals surface area contributed by atoms with Crippen molar-refractivity contribution in [3.63, 3.8) is 0 Å². The third-order valence-electron chi connectivity index (χ3n) is 4.15. The highest BCUT2D eigenvalue weighted by atomic mass is 14.7. The SMILES string of the molecule is C1=C(c2ccccc2)c2ccccc2C(c2ccccc2)=NC1. The first-order valence-electron chi connectivity index (χ1n) is 7.89. The van der Waals surface area contributed by atoms with Gasteiger partial charge in [-0.1, -0.05) is 91.0 Å². The van der Waals surface area contributed by atoms with Gasteiger partial charge in [-0.05, 0) is 16.7 Å². The Morgan fingerprint density at radius 3 is 1.83 bits per heavy atom. The van der Waals surface area contributed by atoms with E-state index in [1.54, 1.807) is 0 Å². The number of hydrogen-bond donors (Lipinski definition) is 0. The van der Waals surface area contributed by atoms with Crippen LogP contribution >= 0.6 is 0 Å². The molecule has 1 heterocycles. The average molecular weight is 295 g/mol.